The molecule has 0 saturated carbocycles. The van der Waals surface area contributed by atoms with Crippen LogP contribution in [0.3, 0.4) is 0 Å². The number of hydrogen-bond donors (Lipinski definition) is 2. The number of nitrogens with zero attached hydrogens (tertiary/aromatic N) is 2. The number of carbonyl (C=O) groups excluding carboxylic acids is 2. The van der Waals surface area contributed by atoms with Gasteiger partial charge in [-0.2, -0.15) is 4.31 Å². The molecule has 3 rings (SSSR count). The second-order valence-electron chi connectivity index (χ2n) is 6.82. The third-order valence-electron chi connectivity index (χ3n) is 4.56. The van der Waals surface area contributed by atoms with Gasteiger partial charge in [-0.25, -0.2) is 13.2 Å². The monoisotopic (exact) mass is 470 g/mol. The molecule has 1 aliphatic rings. The second-order valence-corrected chi connectivity index (χ2v) is 10.6. The van der Waals surface area contributed by atoms with Gasteiger partial charge in [-0.3, -0.25) is 4.79 Å². The van der Waals surface area contributed by atoms with E-state index < -0.39 is 10.0 Å². The maximum absolute atomic E-state index is 13.0. The number of amides is 3. The van der Waals surface area contributed by atoms with E-state index in [1.165, 1.54) is 11.2 Å². The summed E-state index contributed by atoms with van der Waals surface area (Å²) in [7, 11) is -3.65. The molecule has 162 valence electrons. The molecule has 0 bridgehead atoms. The van der Waals surface area contributed by atoms with Crippen molar-refractivity contribution in [3.8, 4) is 0 Å². The molecule has 1 aliphatic heterocycles. The number of halogens is 1. The maximum atomic E-state index is 13.0. The van der Waals surface area contributed by atoms with E-state index in [1.807, 2.05) is 0 Å². The molecule has 2 aromatic rings. The molecule has 1 saturated heterocycles. The van der Waals surface area contributed by atoms with E-state index in [4.69, 9.17) is 11.6 Å². The molecule has 0 spiro atoms. The predicted molar refractivity (Wildman–Crippen MR) is 117 cm³/mol. The zero-order chi connectivity index (χ0) is 21.7. The summed E-state index contributed by atoms with van der Waals surface area (Å²) >= 11 is 7.09. The SMILES string of the molecule is CC(=O)NCc1ccc(S(=O)(=O)N2CCCN(C(=O)Nc3cccc(Cl)c3)CC2)s1. The number of hydrogen-bond acceptors (Lipinski definition) is 5. The summed E-state index contributed by atoms with van der Waals surface area (Å²) in [5.74, 6) is -0.170. The quantitative estimate of drug-likeness (QED) is 0.701. The normalized spacial score (nSPS) is 15.5. The molecule has 1 fully saturated rings. The molecule has 3 amide bonds. The van der Waals surface area contributed by atoms with Gasteiger partial charge in [0.15, 0.2) is 0 Å². The van der Waals surface area contributed by atoms with E-state index in [1.54, 1.807) is 41.3 Å². The number of thiophene rings is 1. The third kappa shape index (κ3) is 5.72. The summed E-state index contributed by atoms with van der Waals surface area (Å²) in [5, 5.41) is 5.98. The number of sulfonamides is 1. The molecule has 0 aliphatic carbocycles. The molecule has 1 aromatic carbocycles. The van der Waals surface area contributed by atoms with E-state index in [9.17, 15) is 18.0 Å². The average molecular weight is 471 g/mol. The van der Waals surface area contributed by atoms with Crippen LogP contribution in [0.2, 0.25) is 5.02 Å². The lowest BCUT2D eigenvalue weighted by Gasteiger charge is -2.22. The van der Waals surface area contributed by atoms with Gasteiger partial charge in [-0.1, -0.05) is 17.7 Å². The molecule has 2 heterocycles. The molecular weight excluding hydrogens is 448 g/mol. The summed E-state index contributed by atoms with van der Waals surface area (Å²) < 4.78 is 27.7. The summed E-state index contributed by atoms with van der Waals surface area (Å²) in [6, 6.07) is 9.84. The molecule has 30 heavy (non-hydrogen) atoms. The highest BCUT2D eigenvalue weighted by Crippen LogP contribution is 2.26. The first-order chi connectivity index (χ1) is 14.3. The fraction of sp³-hybridized carbons (Fsp3) is 0.368. The van der Waals surface area contributed by atoms with Gasteiger partial charge in [0.1, 0.15) is 4.21 Å². The average Bonchev–Trinajstić information content (AvgIpc) is 3.03. The standard InChI is InChI=1S/C19H23ClN4O4S2/c1-14(25)21-13-17-6-7-18(29-17)30(27,28)24-9-3-8-23(10-11-24)19(26)22-16-5-2-4-15(20)12-16/h2,4-7,12H,3,8-11,13H2,1H3,(H,21,25)(H,22,26). The van der Waals surface area contributed by atoms with Gasteiger partial charge in [-0.05, 0) is 36.8 Å². The van der Waals surface area contributed by atoms with Gasteiger partial charge >= 0.3 is 6.03 Å². The van der Waals surface area contributed by atoms with Crippen molar-refractivity contribution in [1.82, 2.24) is 14.5 Å². The number of nitrogens with one attached hydrogen (secondary N) is 2. The van der Waals surface area contributed by atoms with Crippen molar-refractivity contribution in [3.05, 3.63) is 46.3 Å². The van der Waals surface area contributed by atoms with Crippen LogP contribution in [0.1, 0.15) is 18.2 Å². The van der Waals surface area contributed by atoms with Gasteiger partial charge in [0.2, 0.25) is 5.91 Å². The first-order valence-electron chi connectivity index (χ1n) is 9.40. The van der Waals surface area contributed by atoms with Crippen molar-refractivity contribution in [3.63, 3.8) is 0 Å². The fourth-order valence-corrected chi connectivity index (χ4v) is 6.15. The Labute approximate surface area is 184 Å². The van der Waals surface area contributed by atoms with Crippen LogP contribution < -0.4 is 10.6 Å². The number of urea groups is 1. The van der Waals surface area contributed by atoms with E-state index >= 15 is 0 Å². The molecule has 1 aromatic heterocycles. The third-order valence-corrected chi connectivity index (χ3v) is 8.25. The lowest BCUT2D eigenvalue weighted by Crippen LogP contribution is -2.39. The van der Waals surface area contributed by atoms with Crippen LogP contribution in [0.5, 0.6) is 0 Å². The minimum Gasteiger partial charge on any atom is -0.351 e. The fourth-order valence-electron chi connectivity index (χ4n) is 3.04. The first-order valence-corrected chi connectivity index (χ1v) is 12.0. The van der Waals surface area contributed by atoms with Crippen molar-refractivity contribution in [1.29, 1.82) is 0 Å². The van der Waals surface area contributed by atoms with Crippen molar-refractivity contribution in [2.75, 3.05) is 31.5 Å². The van der Waals surface area contributed by atoms with Crippen LogP contribution in [0.4, 0.5) is 10.5 Å². The van der Waals surface area contributed by atoms with Crippen LogP contribution >= 0.6 is 22.9 Å². The Morgan fingerprint density at radius 1 is 1.13 bits per heavy atom. The molecule has 0 radical (unpaired) electrons. The molecule has 11 heteroatoms. The Kier molecular flexibility index (Phi) is 7.35. The zero-order valence-corrected chi connectivity index (χ0v) is 18.8. The minimum atomic E-state index is -3.65. The summed E-state index contributed by atoms with van der Waals surface area (Å²) in [6.07, 6.45) is 0.534. The Morgan fingerprint density at radius 3 is 2.67 bits per heavy atom. The molecule has 2 N–H and O–H groups in total. The van der Waals surface area contributed by atoms with Crippen molar-refractivity contribution in [2.24, 2.45) is 0 Å². The number of anilines is 1. The highest BCUT2D eigenvalue weighted by Gasteiger charge is 2.29. The highest BCUT2D eigenvalue weighted by molar-refractivity contribution is 7.91. The van der Waals surface area contributed by atoms with Crippen LogP contribution in [0.25, 0.3) is 0 Å². The van der Waals surface area contributed by atoms with E-state index in [-0.39, 0.29) is 29.2 Å². The Morgan fingerprint density at radius 2 is 1.93 bits per heavy atom. The van der Waals surface area contributed by atoms with Crippen LogP contribution in [-0.2, 0) is 21.4 Å². The van der Waals surface area contributed by atoms with Crippen molar-refractivity contribution >= 4 is 50.6 Å². The first kappa shape index (κ1) is 22.5. The predicted octanol–water partition coefficient (Wildman–Crippen LogP) is 2.97. The number of carbonyl (C=O) groups is 2. The van der Waals surface area contributed by atoms with Gasteiger partial charge in [0, 0.05) is 48.7 Å². The van der Waals surface area contributed by atoms with Gasteiger partial charge < -0.3 is 15.5 Å². The van der Waals surface area contributed by atoms with Crippen LogP contribution in [0, 0.1) is 0 Å². The molecular formula is C19H23ClN4O4S2. The lowest BCUT2D eigenvalue weighted by atomic mass is 10.3. The molecule has 8 nitrogen and oxygen atoms in total. The largest absolute Gasteiger partial charge is 0.351 e. The molecule has 0 unspecified atom stereocenters. The van der Waals surface area contributed by atoms with E-state index in [0.29, 0.717) is 36.8 Å². The molecule has 0 atom stereocenters. The van der Waals surface area contributed by atoms with E-state index in [2.05, 4.69) is 10.6 Å². The van der Waals surface area contributed by atoms with Gasteiger partial charge in [0.25, 0.3) is 10.0 Å². The van der Waals surface area contributed by atoms with E-state index in [0.717, 1.165) is 16.2 Å². The Balaban J connectivity index is 1.62. The Bertz CT molecular complexity index is 1030. The lowest BCUT2D eigenvalue weighted by molar-refractivity contribution is -0.119. The van der Waals surface area contributed by atoms with Crippen LogP contribution in [-0.4, -0.2) is 55.7 Å². The minimum absolute atomic E-state index is 0.170. The Hall–Kier alpha value is -2.14. The summed E-state index contributed by atoms with van der Waals surface area (Å²) in [4.78, 5) is 26.0. The summed E-state index contributed by atoms with van der Waals surface area (Å²) in [6.45, 7) is 3.00. The maximum Gasteiger partial charge on any atom is 0.321 e. The van der Waals surface area contributed by atoms with Crippen molar-refractivity contribution in [2.45, 2.75) is 24.1 Å². The second kappa shape index (κ2) is 9.78. The van der Waals surface area contributed by atoms with Gasteiger partial charge in [-0.15, -0.1) is 11.3 Å². The highest BCUT2D eigenvalue weighted by atomic mass is 35.5. The number of rotatable bonds is 5. The zero-order valence-electron chi connectivity index (χ0n) is 16.4. The van der Waals surface area contributed by atoms with Gasteiger partial charge in [0.05, 0.1) is 6.54 Å². The van der Waals surface area contributed by atoms with Crippen molar-refractivity contribution < 1.29 is 18.0 Å². The van der Waals surface area contributed by atoms with Crippen LogP contribution in [0.15, 0.2) is 40.6 Å². The summed E-state index contributed by atoms with van der Waals surface area (Å²) in [5.41, 5.74) is 0.589. The number of benzene rings is 1. The smallest absolute Gasteiger partial charge is 0.321 e. The topological polar surface area (TPSA) is 98.8 Å².